The Hall–Kier alpha value is -1.16. The number of hydrogen-bond donors (Lipinski definition) is 1. The van der Waals surface area contributed by atoms with Gasteiger partial charge in [0, 0.05) is 17.5 Å². The molecule has 68 valence electrons. The second-order valence-corrected chi connectivity index (χ2v) is 3.41. The molecule has 0 unspecified atom stereocenters. The van der Waals surface area contributed by atoms with Crippen LogP contribution in [0.1, 0.15) is 6.92 Å². The van der Waals surface area contributed by atoms with Crippen molar-refractivity contribution in [2.75, 3.05) is 5.32 Å². The number of amides is 1. The van der Waals surface area contributed by atoms with E-state index >= 15 is 0 Å². The molecule has 1 heterocycles. The first-order chi connectivity index (χ1) is 6.09. The molecule has 0 fully saturated rings. The molecule has 0 aliphatic rings. The van der Waals surface area contributed by atoms with Crippen molar-refractivity contribution < 1.29 is 4.79 Å². The first kappa shape index (κ1) is 9.92. The Morgan fingerprint density at radius 3 is 2.92 bits per heavy atom. The van der Waals surface area contributed by atoms with E-state index < -0.39 is 0 Å². The van der Waals surface area contributed by atoms with E-state index in [9.17, 15) is 4.79 Å². The van der Waals surface area contributed by atoms with Crippen molar-refractivity contribution in [3.63, 3.8) is 0 Å². The maximum absolute atomic E-state index is 11.2. The number of anilines is 1. The fourth-order valence-electron chi connectivity index (χ4n) is 0.718. The number of aromatic nitrogens is 1. The van der Waals surface area contributed by atoms with E-state index in [2.05, 4.69) is 32.8 Å². The topological polar surface area (TPSA) is 42.0 Å². The largest absolute Gasteiger partial charge is 0.322 e. The van der Waals surface area contributed by atoms with E-state index in [1.807, 2.05) is 0 Å². The van der Waals surface area contributed by atoms with Crippen LogP contribution in [0, 0.1) is 0 Å². The fourth-order valence-corrected chi connectivity index (χ4v) is 1.08. The molecule has 3 nitrogen and oxygen atoms in total. The summed E-state index contributed by atoms with van der Waals surface area (Å²) in [6, 6.07) is 3.44. The van der Waals surface area contributed by atoms with Crippen molar-refractivity contribution in [2.45, 2.75) is 6.92 Å². The molecule has 1 rings (SSSR count). The predicted molar refractivity (Wildman–Crippen MR) is 55.4 cm³/mol. The minimum absolute atomic E-state index is 0.182. The van der Waals surface area contributed by atoms with Crippen LogP contribution in [0.15, 0.2) is 35.1 Å². The van der Waals surface area contributed by atoms with Crippen LogP contribution in [0.2, 0.25) is 0 Å². The molecule has 1 N–H and O–H groups in total. The molecule has 0 aliphatic heterocycles. The number of nitrogens with one attached hydrogen (secondary N) is 1. The Balaban J connectivity index is 2.75. The highest BCUT2D eigenvalue weighted by Crippen LogP contribution is 2.12. The van der Waals surface area contributed by atoms with Crippen LogP contribution in [0.4, 0.5) is 5.69 Å². The summed E-state index contributed by atoms with van der Waals surface area (Å²) < 4.78 is 0.687. The Labute approximate surface area is 85.0 Å². The summed E-state index contributed by atoms with van der Waals surface area (Å²) in [6.45, 7) is 5.19. The molecule has 0 aromatic carbocycles. The number of rotatable bonds is 2. The number of hydrogen-bond acceptors (Lipinski definition) is 2. The maximum atomic E-state index is 11.2. The van der Waals surface area contributed by atoms with E-state index in [1.54, 1.807) is 25.3 Å². The SMILES string of the molecule is C=C(C)C(=O)Nc1ccnc(Br)c1. The molecule has 0 saturated heterocycles. The Morgan fingerprint density at radius 2 is 2.38 bits per heavy atom. The van der Waals surface area contributed by atoms with Gasteiger partial charge < -0.3 is 5.32 Å². The Kier molecular flexibility index (Phi) is 3.19. The molecule has 1 aromatic rings. The molecule has 0 radical (unpaired) electrons. The van der Waals surface area contributed by atoms with E-state index in [1.165, 1.54) is 0 Å². The van der Waals surface area contributed by atoms with Gasteiger partial charge in [0.1, 0.15) is 4.60 Å². The summed E-state index contributed by atoms with van der Waals surface area (Å²) in [5.41, 5.74) is 1.18. The summed E-state index contributed by atoms with van der Waals surface area (Å²) in [5, 5.41) is 2.67. The van der Waals surface area contributed by atoms with Gasteiger partial charge in [-0.1, -0.05) is 6.58 Å². The summed E-state index contributed by atoms with van der Waals surface area (Å²) in [7, 11) is 0. The quantitative estimate of drug-likeness (QED) is 0.637. The third kappa shape index (κ3) is 2.99. The monoisotopic (exact) mass is 240 g/mol. The highest BCUT2D eigenvalue weighted by molar-refractivity contribution is 9.10. The molecule has 0 bridgehead atoms. The van der Waals surface area contributed by atoms with Crippen molar-refractivity contribution in [2.24, 2.45) is 0 Å². The normalized spacial score (nSPS) is 9.38. The van der Waals surface area contributed by atoms with Crippen LogP contribution in [0.3, 0.4) is 0 Å². The molecule has 0 saturated carbocycles. The predicted octanol–water partition coefficient (Wildman–Crippen LogP) is 2.36. The summed E-state index contributed by atoms with van der Waals surface area (Å²) in [5.74, 6) is -0.182. The van der Waals surface area contributed by atoms with Gasteiger partial charge >= 0.3 is 0 Å². The molecule has 1 aromatic heterocycles. The van der Waals surface area contributed by atoms with Crippen LogP contribution in [-0.4, -0.2) is 10.9 Å². The van der Waals surface area contributed by atoms with Crippen LogP contribution >= 0.6 is 15.9 Å². The average molecular weight is 241 g/mol. The van der Waals surface area contributed by atoms with Crippen molar-refractivity contribution in [1.29, 1.82) is 0 Å². The lowest BCUT2D eigenvalue weighted by molar-refractivity contribution is -0.112. The Bertz CT molecular complexity index is 349. The molecule has 0 spiro atoms. The van der Waals surface area contributed by atoms with Gasteiger partial charge in [-0.3, -0.25) is 4.79 Å². The zero-order valence-corrected chi connectivity index (χ0v) is 8.76. The number of carbonyl (C=O) groups excluding carboxylic acids is 1. The van der Waals surface area contributed by atoms with Crippen LogP contribution in [0.5, 0.6) is 0 Å². The molecule has 0 aliphatic carbocycles. The number of carbonyl (C=O) groups is 1. The van der Waals surface area contributed by atoms with Crippen LogP contribution in [0.25, 0.3) is 0 Å². The highest BCUT2D eigenvalue weighted by atomic mass is 79.9. The van der Waals surface area contributed by atoms with E-state index in [0.717, 1.165) is 0 Å². The smallest absolute Gasteiger partial charge is 0.250 e. The molecule has 4 heteroatoms. The minimum Gasteiger partial charge on any atom is -0.322 e. The fraction of sp³-hybridized carbons (Fsp3) is 0.111. The van der Waals surface area contributed by atoms with Crippen LogP contribution < -0.4 is 5.32 Å². The second-order valence-electron chi connectivity index (χ2n) is 2.60. The lowest BCUT2D eigenvalue weighted by Crippen LogP contribution is -2.11. The van der Waals surface area contributed by atoms with Crippen LogP contribution in [-0.2, 0) is 4.79 Å². The zero-order valence-electron chi connectivity index (χ0n) is 7.17. The van der Waals surface area contributed by atoms with Crippen molar-refractivity contribution in [1.82, 2.24) is 4.98 Å². The van der Waals surface area contributed by atoms with Crippen molar-refractivity contribution >= 4 is 27.5 Å². The molecule has 13 heavy (non-hydrogen) atoms. The summed E-state index contributed by atoms with van der Waals surface area (Å²) in [6.07, 6.45) is 1.61. The van der Waals surface area contributed by atoms with Gasteiger partial charge in [-0.05, 0) is 35.0 Å². The molecular weight excluding hydrogens is 232 g/mol. The molecular formula is C9H9BrN2O. The highest BCUT2D eigenvalue weighted by Gasteiger charge is 2.02. The van der Waals surface area contributed by atoms with Gasteiger partial charge in [-0.25, -0.2) is 4.98 Å². The second kappa shape index (κ2) is 4.18. The summed E-state index contributed by atoms with van der Waals surface area (Å²) in [4.78, 5) is 15.1. The Morgan fingerprint density at radius 1 is 1.69 bits per heavy atom. The number of halogens is 1. The van der Waals surface area contributed by atoms with Gasteiger partial charge in [0.05, 0.1) is 0 Å². The lowest BCUT2D eigenvalue weighted by atomic mass is 10.3. The van der Waals surface area contributed by atoms with Gasteiger partial charge in [0.2, 0.25) is 0 Å². The minimum atomic E-state index is -0.182. The maximum Gasteiger partial charge on any atom is 0.250 e. The van der Waals surface area contributed by atoms with E-state index in [4.69, 9.17) is 0 Å². The van der Waals surface area contributed by atoms with Gasteiger partial charge in [-0.15, -0.1) is 0 Å². The van der Waals surface area contributed by atoms with Crippen molar-refractivity contribution in [3.05, 3.63) is 35.1 Å². The standard InChI is InChI=1S/C9H9BrN2O/c1-6(2)9(13)12-7-3-4-11-8(10)5-7/h3-5H,1H2,2H3,(H,11,12,13). The summed E-state index contributed by atoms with van der Waals surface area (Å²) >= 11 is 3.20. The van der Waals surface area contributed by atoms with Gasteiger partial charge in [-0.2, -0.15) is 0 Å². The molecule has 1 amide bonds. The zero-order chi connectivity index (χ0) is 9.84. The number of pyridine rings is 1. The van der Waals surface area contributed by atoms with E-state index in [-0.39, 0.29) is 5.91 Å². The average Bonchev–Trinajstić information content (AvgIpc) is 2.04. The van der Waals surface area contributed by atoms with E-state index in [0.29, 0.717) is 15.9 Å². The van der Waals surface area contributed by atoms with Gasteiger partial charge in [0.15, 0.2) is 0 Å². The lowest BCUT2D eigenvalue weighted by Gasteiger charge is -2.03. The van der Waals surface area contributed by atoms with Crippen molar-refractivity contribution in [3.8, 4) is 0 Å². The third-order valence-corrected chi connectivity index (χ3v) is 1.81. The third-order valence-electron chi connectivity index (χ3n) is 1.37. The number of nitrogens with zero attached hydrogens (tertiary/aromatic N) is 1. The van der Waals surface area contributed by atoms with Gasteiger partial charge in [0.25, 0.3) is 5.91 Å². The molecule has 0 atom stereocenters. The first-order valence-corrected chi connectivity index (χ1v) is 4.47. The first-order valence-electron chi connectivity index (χ1n) is 3.68.